The Balaban J connectivity index is 3.04. The molecule has 0 fully saturated rings. The first-order chi connectivity index (χ1) is 25.9. The Labute approximate surface area is 331 Å². The minimum Gasteiger partial charge on any atom is -0.379 e. The normalized spacial score (nSPS) is 11.7. The summed E-state index contributed by atoms with van der Waals surface area (Å²) in [5.41, 5.74) is 0. The predicted molar refractivity (Wildman–Crippen MR) is 214 cm³/mol. The molecule has 0 aromatic carbocycles. The molecule has 0 aliphatic rings. The molecule has 52 heavy (non-hydrogen) atoms. The highest BCUT2D eigenvalue weighted by molar-refractivity contribution is 14.1. The van der Waals surface area contributed by atoms with Gasteiger partial charge in [-0.15, -0.1) is 0 Å². The molecule has 0 radical (unpaired) electrons. The second-order valence-corrected chi connectivity index (χ2v) is 13.4. The van der Waals surface area contributed by atoms with Crippen LogP contribution < -0.4 is 0 Å². The van der Waals surface area contributed by atoms with Gasteiger partial charge in [0.25, 0.3) is 0 Å². The summed E-state index contributed by atoms with van der Waals surface area (Å²) in [6, 6.07) is 0. The second kappa shape index (κ2) is 51.2. The lowest BCUT2D eigenvalue weighted by Gasteiger charge is -2.09. The summed E-state index contributed by atoms with van der Waals surface area (Å²) >= 11 is 2.28. The molecule has 0 spiro atoms. The fourth-order valence-corrected chi connectivity index (χ4v) is 5.11. The van der Waals surface area contributed by atoms with Crippen LogP contribution in [0.4, 0.5) is 0 Å². The van der Waals surface area contributed by atoms with Crippen LogP contribution in [0.15, 0.2) is 0 Å². The molecule has 0 bridgehead atoms. The van der Waals surface area contributed by atoms with Gasteiger partial charge < -0.3 is 56.8 Å². The molecule has 0 N–H and O–H groups in total. The zero-order valence-electron chi connectivity index (χ0n) is 33.1. The van der Waals surface area contributed by atoms with Crippen LogP contribution in [0.5, 0.6) is 0 Å². The Kier molecular flexibility index (Phi) is 51.5. The Morgan fingerprint density at radius 1 is 0.212 bits per heavy atom. The third kappa shape index (κ3) is 50.2. The maximum absolute atomic E-state index is 5.68. The van der Waals surface area contributed by atoms with E-state index in [4.69, 9.17) is 56.8 Å². The van der Waals surface area contributed by atoms with Gasteiger partial charge in [-0.3, -0.25) is 0 Å². The second-order valence-electron chi connectivity index (χ2n) is 12.3. The van der Waals surface area contributed by atoms with Crippen LogP contribution in [0, 0.1) is 0 Å². The van der Waals surface area contributed by atoms with Gasteiger partial charge in [0.05, 0.1) is 152 Å². The third-order valence-corrected chi connectivity index (χ3v) is 8.15. The van der Waals surface area contributed by atoms with E-state index in [-0.39, 0.29) is 0 Å². The van der Waals surface area contributed by atoms with Crippen molar-refractivity contribution >= 4 is 22.6 Å². The molecule has 0 aliphatic heterocycles. The highest BCUT2D eigenvalue weighted by Crippen LogP contribution is 2.12. The van der Waals surface area contributed by atoms with Crippen molar-refractivity contribution in [3.05, 3.63) is 0 Å². The van der Waals surface area contributed by atoms with Crippen LogP contribution in [-0.2, 0) is 56.8 Å². The monoisotopic (exact) mass is 866 g/mol. The smallest absolute Gasteiger partial charge is 0.0701 e. The van der Waals surface area contributed by atoms with Crippen molar-refractivity contribution in [3.8, 4) is 0 Å². The zero-order chi connectivity index (χ0) is 37.4. The highest BCUT2D eigenvalue weighted by atomic mass is 127. The maximum atomic E-state index is 5.68. The maximum Gasteiger partial charge on any atom is 0.0701 e. The van der Waals surface area contributed by atoms with Crippen molar-refractivity contribution in [3.63, 3.8) is 0 Å². The minimum absolute atomic E-state index is 0.522. The van der Waals surface area contributed by atoms with E-state index in [1.807, 2.05) is 0 Å². The number of alkyl halides is 1. The van der Waals surface area contributed by atoms with Gasteiger partial charge in [0.1, 0.15) is 0 Å². The number of ether oxygens (including phenoxy) is 12. The molecular formula is C39H79IO12. The first-order valence-electron chi connectivity index (χ1n) is 20.4. The lowest BCUT2D eigenvalue weighted by atomic mass is 10.0. The molecule has 13 heteroatoms. The van der Waals surface area contributed by atoms with Crippen LogP contribution >= 0.6 is 22.6 Å². The first-order valence-corrected chi connectivity index (χ1v) is 21.9. The van der Waals surface area contributed by atoms with E-state index < -0.39 is 0 Å². The lowest BCUT2D eigenvalue weighted by molar-refractivity contribution is -0.0282. The van der Waals surface area contributed by atoms with Gasteiger partial charge in [0.2, 0.25) is 0 Å². The van der Waals surface area contributed by atoms with Crippen molar-refractivity contribution < 1.29 is 56.8 Å². The third-order valence-electron chi connectivity index (χ3n) is 7.71. The van der Waals surface area contributed by atoms with E-state index >= 15 is 0 Å². The van der Waals surface area contributed by atoms with Gasteiger partial charge in [0, 0.05) is 11.0 Å². The molecule has 0 aromatic rings. The lowest BCUT2D eigenvalue weighted by Crippen LogP contribution is -2.15. The van der Waals surface area contributed by atoms with Crippen molar-refractivity contribution in [2.24, 2.45) is 0 Å². The van der Waals surface area contributed by atoms with Gasteiger partial charge in [-0.2, -0.15) is 0 Å². The van der Waals surface area contributed by atoms with Crippen LogP contribution in [0.1, 0.15) is 90.4 Å². The van der Waals surface area contributed by atoms with Crippen LogP contribution in [0.2, 0.25) is 0 Å². The summed E-state index contributed by atoms with van der Waals surface area (Å²) < 4.78 is 67.0. The molecule has 0 aliphatic carbocycles. The van der Waals surface area contributed by atoms with Crippen molar-refractivity contribution in [1.29, 1.82) is 0 Å². The molecule has 0 rings (SSSR count). The molecule has 0 saturated carbocycles. The topological polar surface area (TPSA) is 111 Å². The summed E-state index contributed by atoms with van der Waals surface area (Å²) in [4.78, 5) is 0. The van der Waals surface area contributed by atoms with Crippen molar-refractivity contribution in [1.82, 2.24) is 0 Å². The summed E-state index contributed by atoms with van der Waals surface area (Å²) in [7, 11) is 0. The van der Waals surface area contributed by atoms with Gasteiger partial charge in [-0.25, -0.2) is 0 Å². The largest absolute Gasteiger partial charge is 0.379 e. The average molecular weight is 867 g/mol. The van der Waals surface area contributed by atoms with E-state index in [9.17, 15) is 0 Å². The van der Waals surface area contributed by atoms with E-state index in [2.05, 4.69) is 29.5 Å². The van der Waals surface area contributed by atoms with E-state index in [1.165, 1.54) is 77.0 Å². The molecule has 12 nitrogen and oxygen atoms in total. The Bertz CT molecular complexity index is 562. The van der Waals surface area contributed by atoms with E-state index in [0.29, 0.717) is 145 Å². The van der Waals surface area contributed by atoms with Crippen LogP contribution in [0.3, 0.4) is 0 Å². The predicted octanol–water partition coefficient (Wildman–Crippen LogP) is 6.71. The summed E-state index contributed by atoms with van der Waals surface area (Å²) in [6.07, 6.45) is 17.8. The summed E-state index contributed by atoms with van der Waals surface area (Å²) in [5, 5.41) is 0. The molecular weight excluding hydrogens is 787 g/mol. The Hall–Kier alpha value is 0.250. The number of rotatable bonds is 49. The quantitative estimate of drug-likeness (QED) is 0.0369. The zero-order valence-corrected chi connectivity index (χ0v) is 35.3. The summed E-state index contributed by atoms with van der Waals surface area (Å²) in [6.45, 7) is 16.0. The first kappa shape index (κ1) is 52.2. The number of halogens is 1. The van der Waals surface area contributed by atoms with E-state index in [1.54, 1.807) is 0 Å². The molecule has 0 aromatic heterocycles. The Morgan fingerprint density at radius 3 is 0.596 bits per heavy atom. The molecule has 314 valence electrons. The minimum atomic E-state index is 0.522. The van der Waals surface area contributed by atoms with Crippen LogP contribution in [0.25, 0.3) is 0 Å². The van der Waals surface area contributed by atoms with Crippen LogP contribution in [-0.4, -0.2) is 163 Å². The average Bonchev–Trinajstić information content (AvgIpc) is 3.16. The number of hydrogen-bond acceptors (Lipinski definition) is 12. The SMILES string of the molecule is CCCCCCCCCCCCCCCOCCOCCOCCOCCOCCOCCOCCOCCOCCOCCOCCOCCI. The van der Waals surface area contributed by atoms with E-state index in [0.717, 1.165) is 24.1 Å². The molecule has 0 unspecified atom stereocenters. The van der Waals surface area contributed by atoms with Gasteiger partial charge in [-0.05, 0) is 6.42 Å². The standard InChI is InChI=1S/C39H79IO12/c1-2-3-4-5-6-7-8-9-10-11-12-13-14-16-41-18-20-43-22-24-45-26-28-47-30-32-49-34-36-51-38-39-52-37-35-50-33-31-48-29-27-46-25-23-44-21-19-42-17-15-40/h2-39H2,1H3. The fraction of sp³-hybridized carbons (Fsp3) is 1.00. The highest BCUT2D eigenvalue weighted by Gasteiger charge is 1.98. The van der Waals surface area contributed by atoms with Gasteiger partial charge >= 0.3 is 0 Å². The van der Waals surface area contributed by atoms with Crippen molar-refractivity contribution in [2.75, 3.05) is 163 Å². The van der Waals surface area contributed by atoms with Gasteiger partial charge in [0.15, 0.2) is 0 Å². The van der Waals surface area contributed by atoms with Gasteiger partial charge in [-0.1, -0.05) is 107 Å². The molecule has 0 saturated heterocycles. The molecule has 0 amide bonds. The molecule has 0 atom stereocenters. The molecule has 0 heterocycles. The summed E-state index contributed by atoms with van der Waals surface area (Å²) in [5.74, 6) is 0. The number of unbranched alkanes of at least 4 members (excludes halogenated alkanes) is 12. The fourth-order valence-electron chi connectivity index (χ4n) is 4.80. The Morgan fingerprint density at radius 2 is 0.385 bits per heavy atom. The van der Waals surface area contributed by atoms with Crippen molar-refractivity contribution in [2.45, 2.75) is 90.4 Å². The number of hydrogen-bond donors (Lipinski definition) is 0.